The molecule has 0 aliphatic heterocycles. The Bertz CT molecular complexity index is 383. The number of rotatable bonds is 7. The smallest absolute Gasteiger partial charge is 0.144 e. The first kappa shape index (κ1) is 15.4. The Balaban J connectivity index is 3.01. The first-order valence-electron chi connectivity index (χ1n) is 6.36. The van der Waals surface area contributed by atoms with Crippen molar-refractivity contribution >= 4 is 21.7 Å². The summed E-state index contributed by atoms with van der Waals surface area (Å²) in [5.41, 5.74) is 0.904. The van der Waals surface area contributed by atoms with E-state index in [0.717, 1.165) is 41.2 Å². The van der Waals surface area contributed by atoms with Gasteiger partial charge in [-0.3, -0.25) is 0 Å². The second kappa shape index (κ2) is 7.69. The summed E-state index contributed by atoms with van der Waals surface area (Å²) in [4.78, 5) is 9.12. The fourth-order valence-corrected chi connectivity index (χ4v) is 2.03. The predicted molar refractivity (Wildman–Crippen MR) is 77.8 cm³/mol. The molecule has 0 amide bonds. The van der Waals surface area contributed by atoms with Crippen molar-refractivity contribution in [1.82, 2.24) is 9.97 Å². The van der Waals surface area contributed by atoms with E-state index in [9.17, 15) is 0 Å². The Kier molecular flexibility index (Phi) is 6.57. The average molecular weight is 316 g/mol. The topological polar surface area (TPSA) is 47.0 Å². The second-order valence-corrected chi connectivity index (χ2v) is 5.50. The number of anilines is 1. The van der Waals surface area contributed by atoms with Gasteiger partial charge in [0.1, 0.15) is 11.6 Å². The number of ether oxygens (including phenoxy) is 1. The lowest BCUT2D eigenvalue weighted by molar-refractivity contribution is 0.180. The number of methoxy groups -OCH3 is 1. The average Bonchev–Trinajstić information content (AvgIpc) is 2.31. The van der Waals surface area contributed by atoms with Gasteiger partial charge in [-0.15, -0.1) is 0 Å². The van der Waals surface area contributed by atoms with Gasteiger partial charge in [0.05, 0.1) is 16.8 Å². The van der Waals surface area contributed by atoms with Crippen molar-refractivity contribution < 1.29 is 4.74 Å². The van der Waals surface area contributed by atoms with Crippen LogP contribution in [0, 0.1) is 5.92 Å². The maximum atomic E-state index is 5.18. The normalized spacial score (nSPS) is 11.0. The molecule has 0 unspecified atom stereocenters. The van der Waals surface area contributed by atoms with Gasteiger partial charge in [0, 0.05) is 20.1 Å². The highest BCUT2D eigenvalue weighted by Crippen LogP contribution is 2.25. The second-order valence-electron chi connectivity index (χ2n) is 4.71. The standard InChI is InChI=1S/C13H22BrN3O/c1-5-6-15-13-12(14)10(8-18-4)16-11(17-13)7-9(2)3/h9H,5-8H2,1-4H3,(H,15,16,17). The molecule has 0 bridgehead atoms. The third-order valence-electron chi connectivity index (χ3n) is 2.38. The number of hydrogen-bond donors (Lipinski definition) is 1. The van der Waals surface area contributed by atoms with Crippen LogP contribution in [0.1, 0.15) is 38.7 Å². The van der Waals surface area contributed by atoms with Crippen LogP contribution in [0.3, 0.4) is 0 Å². The molecule has 0 atom stereocenters. The maximum Gasteiger partial charge on any atom is 0.144 e. The zero-order valence-electron chi connectivity index (χ0n) is 11.6. The van der Waals surface area contributed by atoms with E-state index in [4.69, 9.17) is 4.74 Å². The maximum absolute atomic E-state index is 5.18. The lowest BCUT2D eigenvalue weighted by Gasteiger charge is -2.13. The molecule has 18 heavy (non-hydrogen) atoms. The highest BCUT2D eigenvalue weighted by molar-refractivity contribution is 9.10. The van der Waals surface area contributed by atoms with Crippen molar-refractivity contribution in [2.24, 2.45) is 5.92 Å². The molecule has 0 spiro atoms. The number of nitrogens with one attached hydrogen (secondary N) is 1. The van der Waals surface area contributed by atoms with E-state index < -0.39 is 0 Å². The van der Waals surface area contributed by atoms with Crippen LogP contribution in [0.25, 0.3) is 0 Å². The van der Waals surface area contributed by atoms with Crippen LogP contribution in [0.5, 0.6) is 0 Å². The minimum Gasteiger partial charge on any atom is -0.378 e. The Morgan fingerprint density at radius 3 is 2.61 bits per heavy atom. The number of aromatic nitrogens is 2. The summed E-state index contributed by atoms with van der Waals surface area (Å²) in [6.45, 7) is 7.87. The molecule has 0 aromatic carbocycles. The molecule has 1 aromatic heterocycles. The molecule has 5 heteroatoms. The molecule has 0 radical (unpaired) electrons. The SMILES string of the molecule is CCCNc1nc(CC(C)C)nc(COC)c1Br. The summed E-state index contributed by atoms with van der Waals surface area (Å²) in [5, 5.41) is 3.32. The molecule has 0 saturated carbocycles. The molecule has 1 rings (SSSR count). The molecule has 4 nitrogen and oxygen atoms in total. The summed E-state index contributed by atoms with van der Waals surface area (Å²) in [5.74, 6) is 2.29. The lowest BCUT2D eigenvalue weighted by atomic mass is 10.1. The quantitative estimate of drug-likeness (QED) is 0.837. The van der Waals surface area contributed by atoms with Gasteiger partial charge in [-0.05, 0) is 28.3 Å². The van der Waals surface area contributed by atoms with Crippen LogP contribution in [-0.2, 0) is 17.8 Å². The molecule has 102 valence electrons. The van der Waals surface area contributed by atoms with Crippen LogP contribution < -0.4 is 5.32 Å². The Labute approximate surface area is 118 Å². The monoisotopic (exact) mass is 315 g/mol. The molecule has 1 N–H and O–H groups in total. The number of nitrogens with zero attached hydrogens (tertiary/aromatic N) is 2. The van der Waals surface area contributed by atoms with Crippen LogP contribution in [-0.4, -0.2) is 23.6 Å². The number of hydrogen-bond acceptors (Lipinski definition) is 4. The van der Waals surface area contributed by atoms with Crippen LogP contribution in [0.2, 0.25) is 0 Å². The van der Waals surface area contributed by atoms with E-state index in [2.05, 4.69) is 52.0 Å². The molecule has 0 fully saturated rings. The van der Waals surface area contributed by atoms with Crippen molar-refractivity contribution in [1.29, 1.82) is 0 Å². The van der Waals surface area contributed by atoms with Crippen molar-refractivity contribution in [3.05, 3.63) is 16.0 Å². The third-order valence-corrected chi connectivity index (χ3v) is 3.21. The van der Waals surface area contributed by atoms with E-state index in [1.807, 2.05) is 0 Å². The van der Waals surface area contributed by atoms with Gasteiger partial charge in [0.2, 0.25) is 0 Å². The molecule has 1 heterocycles. The number of halogens is 1. The summed E-state index contributed by atoms with van der Waals surface area (Å²) >= 11 is 3.55. The van der Waals surface area contributed by atoms with E-state index in [1.54, 1.807) is 7.11 Å². The Morgan fingerprint density at radius 2 is 2.06 bits per heavy atom. The highest BCUT2D eigenvalue weighted by atomic mass is 79.9. The van der Waals surface area contributed by atoms with Crippen LogP contribution in [0.4, 0.5) is 5.82 Å². The van der Waals surface area contributed by atoms with E-state index in [0.29, 0.717) is 12.5 Å². The summed E-state index contributed by atoms with van der Waals surface area (Å²) in [6.07, 6.45) is 1.94. The first-order chi connectivity index (χ1) is 8.58. The Hall–Kier alpha value is -0.680. The van der Waals surface area contributed by atoms with E-state index in [-0.39, 0.29) is 0 Å². The van der Waals surface area contributed by atoms with Crippen molar-refractivity contribution in [2.75, 3.05) is 19.0 Å². The highest BCUT2D eigenvalue weighted by Gasteiger charge is 2.12. The fraction of sp³-hybridized carbons (Fsp3) is 0.692. The molecule has 0 aliphatic rings. The van der Waals surface area contributed by atoms with Gasteiger partial charge in [-0.2, -0.15) is 0 Å². The zero-order valence-corrected chi connectivity index (χ0v) is 13.2. The van der Waals surface area contributed by atoms with Gasteiger partial charge in [-0.1, -0.05) is 20.8 Å². The fourth-order valence-electron chi connectivity index (χ4n) is 1.59. The van der Waals surface area contributed by atoms with E-state index in [1.165, 1.54) is 0 Å². The zero-order chi connectivity index (χ0) is 13.5. The van der Waals surface area contributed by atoms with Crippen molar-refractivity contribution in [3.8, 4) is 0 Å². The molecule has 1 aromatic rings. The van der Waals surface area contributed by atoms with Crippen molar-refractivity contribution in [3.63, 3.8) is 0 Å². The predicted octanol–water partition coefficient (Wildman–Crippen LogP) is 3.41. The minimum absolute atomic E-state index is 0.495. The van der Waals surface area contributed by atoms with Crippen LogP contribution in [0.15, 0.2) is 4.47 Å². The molecule has 0 saturated heterocycles. The summed E-state index contributed by atoms with van der Waals surface area (Å²) < 4.78 is 6.09. The third kappa shape index (κ3) is 4.53. The van der Waals surface area contributed by atoms with Crippen molar-refractivity contribution in [2.45, 2.75) is 40.2 Å². The van der Waals surface area contributed by atoms with Crippen LogP contribution >= 0.6 is 15.9 Å². The minimum atomic E-state index is 0.495. The molecular formula is C13H22BrN3O. The Morgan fingerprint density at radius 1 is 1.33 bits per heavy atom. The van der Waals surface area contributed by atoms with Gasteiger partial charge in [0.15, 0.2) is 0 Å². The molecular weight excluding hydrogens is 294 g/mol. The largest absolute Gasteiger partial charge is 0.378 e. The van der Waals surface area contributed by atoms with Gasteiger partial charge in [0.25, 0.3) is 0 Å². The van der Waals surface area contributed by atoms with Gasteiger partial charge in [-0.25, -0.2) is 9.97 Å². The van der Waals surface area contributed by atoms with E-state index >= 15 is 0 Å². The van der Waals surface area contributed by atoms with Gasteiger partial charge >= 0.3 is 0 Å². The lowest BCUT2D eigenvalue weighted by Crippen LogP contribution is -2.11. The summed E-state index contributed by atoms with van der Waals surface area (Å²) in [7, 11) is 1.68. The van der Waals surface area contributed by atoms with Gasteiger partial charge < -0.3 is 10.1 Å². The molecule has 0 aliphatic carbocycles. The first-order valence-corrected chi connectivity index (χ1v) is 7.15. The summed E-state index contributed by atoms with van der Waals surface area (Å²) in [6, 6.07) is 0.